The van der Waals surface area contributed by atoms with Gasteiger partial charge in [0.05, 0.1) is 10.0 Å². The molecule has 1 aliphatic rings. The van der Waals surface area contributed by atoms with E-state index in [4.69, 9.17) is 28.9 Å². The normalized spacial score (nSPS) is 18.7. The molecule has 1 heterocycles. The van der Waals surface area contributed by atoms with E-state index in [1.54, 1.807) is 12.4 Å². The van der Waals surface area contributed by atoms with E-state index < -0.39 is 0 Å². The largest absolute Gasteiger partial charge is 0.325 e. The number of halogens is 2. The highest BCUT2D eigenvalue weighted by molar-refractivity contribution is 6.35. The predicted molar refractivity (Wildman–Crippen MR) is 54.1 cm³/mol. The maximum atomic E-state index is 5.98. The standard InChI is InChI=1S/C9H10Cl2N2/c10-7-4-13-5-8(11)6(7)3-9(12)1-2-9/h4-5H,1-3,12H2. The highest BCUT2D eigenvalue weighted by Crippen LogP contribution is 2.38. The van der Waals surface area contributed by atoms with Crippen molar-refractivity contribution in [3.63, 3.8) is 0 Å². The average molecular weight is 217 g/mol. The van der Waals surface area contributed by atoms with Gasteiger partial charge in [0.25, 0.3) is 0 Å². The molecule has 1 aliphatic carbocycles. The molecule has 0 saturated heterocycles. The Bertz CT molecular complexity index is 314. The Balaban J connectivity index is 2.28. The molecule has 0 unspecified atom stereocenters. The summed E-state index contributed by atoms with van der Waals surface area (Å²) in [5, 5.41) is 1.23. The summed E-state index contributed by atoms with van der Waals surface area (Å²) in [6.07, 6.45) is 6.08. The zero-order valence-electron chi connectivity index (χ0n) is 7.06. The minimum absolute atomic E-state index is 0.0609. The molecule has 2 rings (SSSR count). The van der Waals surface area contributed by atoms with E-state index in [0.29, 0.717) is 10.0 Å². The van der Waals surface area contributed by atoms with Gasteiger partial charge in [-0.15, -0.1) is 0 Å². The minimum Gasteiger partial charge on any atom is -0.325 e. The second-order valence-corrected chi connectivity index (χ2v) is 4.44. The lowest BCUT2D eigenvalue weighted by molar-refractivity contribution is 0.672. The Labute approximate surface area is 87.1 Å². The van der Waals surface area contributed by atoms with Gasteiger partial charge in [0, 0.05) is 17.9 Å². The van der Waals surface area contributed by atoms with Gasteiger partial charge in [-0.2, -0.15) is 0 Å². The maximum absolute atomic E-state index is 5.98. The van der Waals surface area contributed by atoms with Crippen LogP contribution in [0.3, 0.4) is 0 Å². The Morgan fingerprint density at radius 1 is 1.31 bits per heavy atom. The Morgan fingerprint density at radius 2 is 1.85 bits per heavy atom. The molecule has 1 saturated carbocycles. The lowest BCUT2D eigenvalue weighted by Gasteiger charge is -2.10. The zero-order chi connectivity index (χ0) is 9.47. The number of nitrogens with zero attached hydrogens (tertiary/aromatic N) is 1. The quantitative estimate of drug-likeness (QED) is 0.826. The molecule has 2 nitrogen and oxygen atoms in total. The van der Waals surface area contributed by atoms with Crippen molar-refractivity contribution >= 4 is 23.2 Å². The number of nitrogens with two attached hydrogens (primary N) is 1. The molecule has 1 aromatic heterocycles. The van der Waals surface area contributed by atoms with Gasteiger partial charge in [0.15, 0.2) is 0 Å². The van der Waals surface area contributed by atoms with Crippen LogP contribution in [0.1, 0.15) is 18.4 Å². The minimum atomic E-state index is -0.0609. The molecule has 1 aromatic rings. The summed E-state index contributed by atoms with van der Waals surface area (Å²) in [7, 11) is 0. The number of rotatable bonds is 2. The van der Waals surface area contributed by atoms with Crippen LogP contribution in [-0.4, -0.2) is 10.5 Å². The maximum Gasteiger partial charge on any atom is 0.0636 e. The van der Waals surface area contributed by atoms with E-state index in [9.17, 15) is 0 Å². The number of hydrogen-bond acceptors (Lipinski definition) is 2. The summed E-state index contributed by atoms with van der Waals surface area (Å²) in [5.74, 6) is 0. The molecule has 70 valence electrons. The summed E-state index contributed by atoms with van der Waals surface area (Å²) in [5.41, 5.74) is 6.85. The van der Waals surface area contributed by atoms with Crippen molar-refractivity contribution in [2.75, 3.05) is 0 Å². The van der Waals surface area contributed by atoms with Crippen molar-refractivity contribution in [1.82, 2.24) is 4.98 Å². The van der Waals surface area contributed by atoms with Gasteiger partial charge in [0.1, 0.15) is 0 Å². The fourth-order valence-corrected chi connectivity index (χ4v) is 1.79. The molecule has 13 heavy (non-hydrogen) atoms. The Hall–Kier alpha value is -0.310. The van der Waals surface area contributed by atoms with E-state index in [1.807, 2.05) is 0 Å². The molecule has 0 aliphatic heterocycles. The van der Waals surface area contributed by atoms with Crippen LogP contribution in [0.4, 0.5) is 0 Å². The lowest BCUT2D eigenvalue weighted by atomic mass is 10.1. The van der Waals surface area contributed by atoms with Crippen LogP contribution in [0.25, 0.3) is 0 Å². The van der Waals surface area contributed by atoms with Gasteiger partial charge in [-0.05, 0) is 24.8 Å². The second-order valence-electron chi connectivity index (χ2n) is 3.62. The van der Waals surface area contributed by atoms with Crippen molar-refractivity contribution in [2.45, 2.75) is 24.8 Å². The molecular weight excluding hydrogens is 207 g/mol. The first-order valence-corrected chi connectivity index (χ1v) is 4.93. The van der Waals surface area contributed by atoms with Gasteiger partial charge in [-0.25, -0.2) is 0 Å². The van der Waals surface area contributed by atoms with E-state index in [-0.39, 0.29) is 5.54 Å². The topological polar surface area (TPSA) is 38.9 Å². The Morgan fingerprint density at radius 3 is 2.31 bits per heavy atom. The number of hydrogen-bond donors (Lipinski definition) is 1. The molecule has 2 N–H and O–H groups in total. The molecule has 0 radical (unpaired) electrons. The molecule has 0 amide bonds. The fourth-order valence-electron chi connectivity index (χ4n) is 1.30. The summed E-state index contributed by atoms with van der Waals surface area (Å²) in [6, 6.07) is 0. The van der Waals surface area contributed by atoms with Crippen LogP contribution < -0.4 is 5.73 Å². The highest BCUT2D eigenvalue weighted by atomic mass is 35.5. The number of aromatic nitrogens is 1. The first kappa shape index (κ1) is 9.25. The second kappa shape index (κ2) is 3.12. The van der Waals surface area contributed by atoms with Crippen LogP contribution in [0.2, 0.25) is 10.0 Å². The van der Waals surface area contributed by atoms with Crippen molar-refractivity contribution < 1.29 is 0 Å². The molecule has 0 atom stereocenters. The van der Waals surface area contributed by atoms with Gasteiger partial charge < -0.3 is 5.73 Å². The molecule has 4 heteroatoms. The number of pyridine rings is 1. The molecule has 1 fully saturated rings. The van der Waals surface area contributed by atoms with Crippen molar-refractivity contribution in [2.24, 2.45) is 5.73 Å². The Kier molecular flexibility index (Phi) is 2.22. The van der Waals surface area contributed by atoms with E-state index in [0.717, 1.165) is 24.8 Å². The summed E-state index contributed by atoms with van der Waals surface area (Å²) < 4.78 is 0. The fraction of sp³-hybridized carbons (Fsp3) is 0.444. The molecule has 0 spiro atoms. The first-order valence-electron chi connectivity index (χ1n) is 4.17. The van der Waals surface area contributed by atoms with E-state index in [1.165, 1.54) is 0 Å². The smallest absolute Gasteiger partial charge is 0.0636 e. The summed E-state index contributed by atoms with van der Waals surface area (Å²) in [6.45, 7) is 0. The third-order valence-electron chi connectivity index (χ3n) is 2.37. The van der Waals surface area contributed by atoms with Gasteiger partial charge in [-0.3, -0.25) is 4.98 Å². The predicted octanol–water partition coefficient (Wildman–Crippen LogP) is 2.42. The first-order chi connectivity index (χ1) is 6.11. The highest BCUT2D eigenvalue weighted by Gasteiger charge is 2.39. The van der Waals surface area contributed by atoms with Gasteiger partial charge in [0.2, 0.25) is 0 Å². The zero-order valence-corrected chi connectivity index (χ0v) is 8.57. The SMILES string of the molecule is NC1(Cc2c(Cl)cncc2Cl)CC1. The summed E-state index contributed by atoms with van der Waals surface area (Å²) >= 11 is 11.9. The van der Waals surface area contributed by atoms with E-state index >= 15 is 0 Å². The van der Waals surface area contributed by atoms with Crippen molar-refractivity contribution in [1.29, 1.82) is 0 Å². The van der Waals surface area contributed by atoms with Crippen LogP contribution >= 0.6 is 23.2 Å². The van der Waals surface area contributed by atoms with Crippen LogP contribution in [0.5, 0.6) is 0 Å². The van der Waals surface area contributed by atoms with Gasteiger partial charge >= 0.3 is 0 Å². The van der Waals surface area contributed by atoms with Gasteiger partial charge in [-0.1, -0.05) is 23.2 Å². The monoisotopic (exact) mass is 216 g/mol. The molecule has 0 aromatic carbocycles. The van der Waals surface area contributed by atoms with Crippen LogP contribution in [0.15, 0.2) is 12.4 Å². The third kappa shape index (κ3) is 1.96. The van der Waals surface area contributed by atoms with Crippen LogP contribution in [0, 0.1) is 0 Å². The van der Waals surface area contributed by atoms with Crippen LogP contribution in [-0.2, 0) is 6.42 Å². The average Bonchev–Trinajstić information content (AvgIpc) is 2.78. The third-order valence-corrected chi connectivity index (χ3v) is 3.02. The van der Waals surface area contributed by atoms with Crippen molar-refractivity contribution in [3.05, 3.63) is 28.0 Å². The van der Waals surface area contributed by atoms with Crippen molar-refractivity contribution in [3.8, 4) is 0 Å². The molecular formula is C9H10Cl2N2. The lowest BCUT2D eigenvalue weighted by Crippen LogP contribution is -2.24. The summed E-state index contributed by atoms with van der Waals surface area (Å²) in [4.78, 5) is 3.89. The molecule has 0 bridgehead atoms. The van der Waals surface area contributed by atoms with E-state index in [2.05, 4.69) is 4.98 Å².